The van der Waals surface area contributed by atoms with Crippen LogP contribution < -0.4 is 4.72 Å². The predicted octanol–water partition coefficient (Wildman–Crippen LogP) is 3.37. The number of halogens is 1. The maximum Gasteiger partial charge on any atom is 0.240 e. The fraction of sp³-hybridized carbons (Fsp3) is 0.250. The number of alkyl halides is 1. The Kier molecular flexibility index (Phi) is 4.75. The van der Waals surface area contributed by atoms with Crippen molar-refractivity contribution in [1.29, 1.82) is 0 Å². The van der Waals surface area contributed by atoms with Gasteiger partial charge in [-0.05, 0) is 31.5 Å². The lowest BCUT2D eigenvalue weighted by molar-refractivity contribution is 0.286. The predicted molar refractivity (Wildman–Crippen MR) is 81.3 cm³/mol. The third-order valence-corrected chi connectivity index (χ3v) is 4.80. The Morgan fingerprint density at radius 1 is 1.00 bits per heavy atom. The summed E-state index contributed by atoms with van der Waals surface area (Å²) in [7, 11) is -3.72. The van der Waals surface area contributed by atoms with Crippen molar-refractivity contribution in [1.82, 2.24) is 4.72 Å². The van der Waals surface area contributed by atoms with Gasteiger partial charge in [0.25, 0.3) is 0 Å². The van der Waals surface area contributed by atoms with Crippen LogP contribution in [0.5, 0.6) is 0 Å². The van der Waals surface area contributed by atoms with Crippen molar-refractivity contribution in [3.05, 3.63) is 65.7 Å². The Bertz CT molecular complexity index is 684. The van der Waals surface area contributed by atoms with E-state index in [2.05, 4.69) is 4.72 Å². The summed E-state index contributed by atoms with van der Waals surface area (Å²) in [6.07, 6.45) is -1.40. The SMILES string of the molecule is Cc1ccc(S(=O)(=O)NC(C)C(F)c2ccccc2)cc1. The third kappa shape index (κ3) is 3.89. The first kappa shape index (κ1) is 15.7. The van der Waals surface area contributed by atoms with Gasteiger partial charge < -0.3 is 0 Å². The summed E-state index contributed by atoms with van der Waals surface area (Å²) in [6, 6.07) is 14.1. The van der Waals surface area contributed by atoms with Gasteiger partial charge in [0.1, 0.15) is 6.17 Å². The second-order valence-electron chi connectivity index (χ2n) is 5.04. The standard InChI is InChI=1S/C16H18FNO2S/c1-12-8-10-15(11-9-12)21(19,20)18-13(2)16(17)14-6-4-3-5-7-14/h3-11,13,16,18H,1-2H3. The molecule has 1 N–H and O–H groups in total. The van der Waals surface area contributed by atoms with Crippen LogP contribution in [0.15, 0.2) is 59.5 Å². The molecule has 0 radical (unpaired) electrons. The van der Waals surface area contributed by atoms with E-state index in [0.29, 0.717) is 5.56 Å². The van der Waals surface area contributed by atoms with Crippen molar-refractivity contribution in [2.24, 2.45) is 0 Å². The highest BCUT2D eigenvalue weighted by molar-refractivity contribution is 7.89. The molecule has 2 unspecified atom stereocenters. The van der Waals surface area contributed by atoms with Gasteiger partial charge in [-0.3, -0.25) is 0 Å². The number of nitrogens with one attached hydrogen (secondary N) is 1. The zero-order chi connectivity index (χ0) is 15.5. The molecule has 0 spiro atoms. The molecule has 0 aliphatic carbocycles. The van der Waals surface area contributed by atoms with Crippen LogP contribution in [0, 0.1) is 6.92 Å². The van der Waals surface area contributed by atoms with Gasteiger partial charge in [-0.25, -0.2) is 17.5 Å². The summed E-state index contributed by atoms with van der Waals surface area (Å²) >= 11 is 0. The number of hydrogen-bond donors (Lipinski definition) is 1. The minimum Gasteiger partial charge on any atom is -0.241 e. The van der Waals surface area contributed by atoms with Crippen LogP contribution in [0.2, 0.25) is 0 Å². The van der Waals surface area contributed by atoms with Crippen molar-refractivity contribution in [2.45, 2.75) is 31.0 Å². The molecule has 3 nitrogen and oxygen atoms in total. The van der Waals surface area contributed by atoms with Crippen LogP contribution in [0.3, 0.4) is 0 Å². The zero-order valence-electron chi connectivity index (χ0n) is 12.0. The molecule has 0 heterocycles. The van der Waals surface area contributed by atoms with Crippen molar-refractivity contribution in [3.63, 3.8) is 0 Å². The highest BCUT2D eigenvalue weighted by Crippen LogP contribution is 2.22. The largest absolute Gasteiger partial charge is 0.241 e. The number of benzene rings is 2. The van der Waals surface area contributed by atoms with Crippen molar-refractivity contribution in [2.75, 3.05) is 0 Å². The molecule has 2 rings (SSSR count). The maximum atomic E-state index is 14.3. The molecule has 0 bridgehead atoms. The Hall–Kier alpha value is -1.72. The smallest absolute Gasteiger partial charge is 0.240 e. The number of hydrogen-bond acceptors (Lipinski definition) is 2. The maximum absolute atomic E-state index is 14.3. The second-order valence-corrected chi connectivity index (χ2v) is 6.75. The van der Waals surface area contributed by atoms with Gasteiger partial charge in [-0.15, -0.1) is 0 Å². The molecule has 0 aromatic heterocycles. The monoisotopic (exact) mass is 307 g/mol. The number of sulfonamides is 1. The Balaban J connectivity index is 2.14. The van der Waals surface area contributed by atoms with Gasteiger partial charge in [-0.1, -0.05) is 48.0 Å². The average molecular weight is 307 g/mol. The molecule has 0 saturated heterocycles. The summed E-state index contributed by atoms with van der Waals surface area (Å²) in [5.74, 6) is 0. The molecule has 0 aliphatic rings. The normalized spacial score (nSPS) is 14.6. The lowest BCUT2D eigenvalue weighted by Gasteiger charge is -2.18. The second kappa shape index (κ2) is 6.37. The van der Waals surface area contributed by atoms with E-state index in [0.717, 1.165) is 5.56 Å². The first-order chi connectivity index (χ1) is 9.90. The Labute approximate surface area is 124 Å². The average Bonchev–Trinajstić information content (AvgIpc) is 2.47. The molecule has 0 saturated carbocycles. The first-order valence-corrected chi connectivity index (χ1v) is 8.16. The highest BCUT2D eigenvalue weighted by Gasteiger charge is 2.24. The lowest BCUT2D eigenvalue weighted by atomic mass is 10.1. The fourth-order valence-electron chi connectivity index (χ4n) is 2.02. The summed E-state index contributed by atoms with van der Waals surface area (Å²) in [5, 5.41) is 0. The van der Waals surface area contributed by atoms with Crippen LogP contribution in [0.1, 0.15) is 24.2 Å². The Morgan fingerprint density at radius 2 is 1.57 bits per heavy atom. The van der Waals surface area contributed by atoms with Gasteiger partial charge in [-0.2, -0.15) is 0 Å². The van der Waals surface area contributed by atoms with Gasteiger partial charge >= 0.3 is 0 Å². The number of rotatable bonds is 5. The van der Waals surface area contributed by atoms with Gasteiger partial charge in [0, 0.05) is 0 Å². The highest BCUT2D eigenvalue weighted by atomic mass is 32.2. The van der Waals surface area contributed by atoms with Gasteiger partial charge in [0.15, 0.2) is 0 Å². The molecular weight excluding hydrogens is 289 g/mol. The molecule has 2 aromatic rings. The van der Waals surface area contributed by atoms with E-state index in [9.17, 15) is 12.8 Å². The molecule has 0 amide bonds. The molecule has 112 valence electrons. The van der Waals surface area contributed by atoms with E-state index in [1.165, 1.54) is 19.1 Å². The zero-order valence-corrected chi connectivity index (χ0v) is 12.8. The quantitative estimate of drug-likeness (QED) is 0.920. The Morgan fingerprint density at radius 3 is 2.14 bits per heavy atom. The van der Waals surface area contributed by atoms with E-state index in [1.807, 2.05) is 6.92 Å². The molecule has 0 aliphatic heterocycles. The van der Waals surface area contributed by atoms with E-state index >= 15 is 0 Å². The molecule has 0 fully saturated rings. The third-order valence-electron chi connectivity index (χ3n) is 3.23. The molecule has 5 heteroatoms. The van der Waals surface area contributed by atoms with Crippen molar-refractivity contribution < 1.29 is 12.8 Å². The van der Waals surface area contributed by atoms with Gasteiger partial charge in [0.2, 0.25) is 10.0 Å². The van der Waals surface area contributed by atoms with Crippen LogP contribution >= 0.6 is 0 Å². The van der Waals surface area contributed by atoms with Gasteiger partial charge in [0.05, 0.1) is 10.9 Å². The van der Waals surface area contributed by atoms with E-state index in [1.54, 1.807) is 42.5 Å². The van der Waals surface area contributed by atoms with Crippen LogP contribution in [0.25, 0.3) is 0 Å². The van der Waals surface area contributed by atoms with Crippen LogP contribution in [-0.2, 0) is 10.0 Å². The van der Waals surface area contributed by atoms with Crippen LogP contribution in [-0.4, -0.2) is 14.5 Å². The van der Waals surface area contributed by atoms with Crippen molar-refractivity contribution >= 4 is 10.0 Å². The van der Waals surface area contributed by atoms with Crippen molar-refractivity contribution in [3.8, 4) is 0 Å². The number of aryl methyl sites for hydroxylation is 1. The summed E-state index contributed by atoms with van der Waals surface area (Å²) in [4.78, 5) is 0.139. The molecule has 2 atom stereocenters. The minimum atomic E-state index is -3.72. The van der Waals surface area contributed by atoms with Crippen LogP contribution in [0.4, 0.5) is 4.39 Å². The topological polar surface area (TPSA) is 46.2 Å². The van der Waals surface area contributed by atoms with E-state index in [-0.39, 0.29) is 4.90 Å². The van der Waals surface area contributed by atoms with E-state index < -0.39 is 22.2 Å². The molecule has 2 aromatic carbocycles. The fourth-order valence-corrected chi connectivity index (χ4v) is 3.25. The summed E-state index contributed by atoms with van der Waals surface area (Å²) in [6.45, 7) is 3.39. The molecule has 21 heavy (non-hydrogen) atoms. The minimum absolute atomic E-state index is 0.139. The lowest BCUT2D eigenvalue weighted by Crippen LogP contribution is -2.35. The summed E-state index contributed by atoms with van der Waals surface area (Å²) in [5.41, 5.74) is 1.42. The summed E-state index contributed by atoms with van der Waals surface area (Å²) < 4.78 is 41.1. The first-order valence-electron chi connectivity index (χ1n) is 6.68. The molecular formula is C16H18FNO2S. The van der Waals surface area contributed by atoms with E-state index in [4.69, 9.17) is 0 Å².